The predicted octanol–water partition coefficient (Wildman–Crippen LogP) is 5.40. The molecule has 4 aromatic rings. The Morgan fingerprint density at radius 2 is 0.639 bits per heavy atom. The van der Waals surface area contributed by atoms with E-state index in [0.29, 0.717) is 22.3 Å². The zero-order chi connectivity index (χ0) is 25.7. The standard InChI is InChI=1S/C14H8Cl2N2O2.C14H8O2/c15-9-10(16)12(18)8-7(11(9)17)13(19)5-3-1-2-4-6(5)14(8)20;15-13-9-5-1-2-6-10(9)14(16)12-8-4-3-7-11(12)13/h1-4H,17-18H2;1-8H. The lowest BCUT2D eigenvalue weighted by atomic mass is 9.82. The van der Waals surface area contributed by atoms with Gasteiger partial charge in [-0.05, 0) is 0 Å². The summed E-state index contributed by atoms with van der Waals surface area (Å²) in [4.78, 5) is 49.2. The topological polar surface area (TPSA) is 120 Å². The molecule has 6 nitrogen and oxygen atoms in total. The van der Waals surface area contributed by atoms with Crippen LogP contribution in [0.2, 0.25) is 10.0 Å². The van der Waals surface area contributed by atoms with Gasteiger partial charge in [-0.1, -0.05) is 96.0 Å². The van der Waals surface area contributed by atoms with Crippen molar-refractivity contribution in [2.24, 2.45) is 0 Å². The molecule has 6 rings (SSSR count). The number of fused-ring (bicyclic) bond motifs is 4. The highest BCUT2D eigenvalue weighted by molar-refractivity contribution is 6.48. The molecule has 4 N–H and O–H groups in total. The Labute approximate surface area is 215 Å². The van der Waals surface area contributed by atoms with Gasteiger partial charge in [-0.3, -0.25) is 19.2 Å². The number of ketones is 4. The summed E-state index contributed by atoms with van der Waals surface area (Å²) >= 11 is 11.9. The van der Waals surface area contributed by atoms with Gasteiger partial charge in [-0.25, -0.2) is 0 Å². The van der Waals surface area contributed by atoms with Gasteiger partial charge >= 0.3 is 0 Å². The summed E-state index contributed by atoms with van der Waals surface area (Å²) in [6, 6.07) is 20.4. The number of hydrogen-bond acceptors (Lipinski definition) is 6. The molecule has 176 valence electrons. The van der Waals surface area contributed by atoms with Crippen LogP contribution in [-0.4, -0.2) is 23.1 Å². The normalized spacial score (nSPS) is 13.2. The van der Waals surface area contributed by atoms with Crippen LogP contribution < -0.4 is 11.5 Å². The first-order valence-electron chi connectivity index (χ1n) is 10.8. The van der Waals surface area contributed by atoms with Crippen LogP contribution in [0.4, 0.5) is 11.4 Å². The lowest BCUT2D eigenvalue weighted by Crippen LogP contribution is -2.24. The maximum absolute atomic E-state index is 12.5. The van der Waals surface area contributed by atoms with Gasteiger partial charge in [-0.2, -0.15) is 0 Å². The first-order chi connectivity index (χ1) is 17.2. The molecule has 0 radical (unpaired) electrons. The fourth-order valence-electron chi connectivity index (χ4n) is 4.39. The van der Waals surface area contributed by atoms with E-state index >= 15 is 0 Å². The second-order valence-electron chi connectivity index (χ2n) is 8.16. The number of rotatable bonds is 0. The van der Waals surface area contributed by atoms with Gasteiger partial charge in [0, 0.05) is 33.4 Å². The minimum absolute atomic E-state index is 0.0107. The first kappa shape index (κ1) is 23.5. The minimum Gasteiger partial charge on any atom is -0.397 e. The summed E-state index contributed by atoms with van der Waals surface area (Å²) in [6.45, 7) is 0. The molecular formula is C28H16Cl2N2O4. The van der Waals surface area contributed by atoms with E-state index < -0.39 is 0 Å². The highest BCUT2D eigenvalue weighted by atomic mass is 35.5. The van der Waals surface area contributed by atoms with Crippen LogP contribution in [0.5, 0.6) is 0 Å². The van der Waals surface area contributed by atoms with Crippen molar-refractivity contribution in [2.45, 2.75) is 0 Å². The molecule has 0 spiro atoms. The third-order valence-corrected chi connectivity index (χ3v) is 7.04. The minimum atomic E-state index is -0.377. The third kappa shape index (κ3) is 3.42. The largest absolute Gasteiger partial charge is 0.397 e. The molecule has 4 aromatic carbocycles. The fourth-order valence-corrected chi connectivity index (χ4v) is 4.79. The second kappa shape index (κ2) is 8.75. The molecule has 8 heteroatoms. The highest BCUT2D eigenvalue weighted by Crippen LogP contribution is 2.43. The number of halogens is 2. The molecule has 0 heterocycles. The second-order valence-corrected chi connectivity index (χ2v) is 8.91. The first-order valence-corrected chi connectivity index (χ1v) is 11.5. The molecule has 0 bridgehead atoms. The summed E-state index contributed by atoms with van der Waals surface area (Å²) < 4.78 is 0. The summed E-state index contributed by atoms with van der Waals surface area (Å²) in [5, 5.41) is -0.0214. The van der Waals surface area contributed by atoms with E-state index in [1.807, 2.05) is 0 Å². The Balaban J connectivity index is 0.000000152. The Kier molecular flexibility index (Phi) is 5.71. The Bertz CT molecular complexity index is 1490. The Morgan fingerprint density at radius 3 is 0.889 bits per heavy atom. The van der Waals surface area contributed by atoms with Crippen molar-refractivity contribution >= 4 is 57.7 Å². The van der Waals surface area contributed by atoms with Crippen molar-refractivity contribution in [1.29, 1.82) is 0 Å². The molecule has 0 atom stereocenters. The summed E-state index contributed by atoms with van der Waals surface area (Å²) in [5.74, 6) is -0.882. The van der Waals surface area contributed by atoms with E-state index in [4.69, 9.17) is 34.7 Å². The van der Waals surface area contributed by atoms with Crippen molar-refractivity contribution in [3.63, 3.8) is 0 Å². The average molecular weight is 515 g/mol. The van der Waals surface area contributed by atoms with Crippen LogP contribution in [0.1, 0.15) is 63.7 Å². The van der Waals surface area contributed by atoms with Crippen LogP contribution in [0, 0.1) is 0 Å². The van der Waals surface area contributed by atoms with Crippen molar-refractivity contribution in [1.82, 2.24) is 0 Å². The van der Waals surface area contributed by atoms with Crippen molar-refractivity contribution in [2.75, 3.05) is 11.5 Å². The van der Waals surface area contributed by atoms with Crippen molar-refractivity contribution < 1.29 is 19.2 Å². The number of anilines is 2. The van der Waals surface area contributed by atoms with Crippen LogP contribution in [0.15, 0.2) is 72.8 Å². The maximum atomic E-state index is 12.5. The zero-order valence-electron chi connectivity index (χ0n) is 18.5. The maximum Gasteiger partial charge on any atom is 0.196 e. The highest BCUT2D eigenvalue weighted by Gasteiger charge is 2.35. The molecule has 0 saturated heterocycles. The average Bonchev–Trinajstić information content (AvgIpc) is 2.91. The van der Waals surface area contributed by atoms with E-state index in [-0.39, 0.29) is 66.8 Å². The van der Waals surface area contributed by atoms with E-state index in [0.717, 1.165) is 0 Å². The lowest BCUT2D eigenvalue weighted by Gasteiger charge is -2.22. The summed E-state index contributed by atoms with van der Waals surface area (Å²) in [5.41, 5.74) is 14.3. The summed E-state index contributed by atoms with van der Waals surface area (Å²) in [7, 11) is 0. The molecule has 2 aliphatic carbocycles. The Hall–Kier alpha value is -4.26. The zero-order valence-corrected chi connectivity index (χ0v) is 20.0. The molecule has 0 unspecified atom stereocenters. The van der Waals surface area contributed by atoms with Crippen molar-refractivity contribution in [3.8, 4) is 0 Å². The molecule has 0 amide bonds. The van der Waals surface area contributed by atoms with Gasteiger partial charge < -0.3 is 11.5 Å². The van der Waals surface area contributed by atoms with Gasteiger partial charge in [0.05, 0.1) is 32.5 Å². The van der Waals surface area contributed by atoms with Gasteiger partial charge in [-0.15, -0.1) is 0 Å². The molecule has 36 heavy (non-hydrogen) atoms. The number of nitrogen functional groups attached to an aromatic ring is 2. The van der Waals surface area contributed by atoms with Gasteiger partial charge in [0.25, 0.3) is 0 Å². The van der Waals surface area contributed by atoms with E-state index in [1.54, 1.807) is 72.8 Å². The number of benzene rings is 4. The van der Waals surface area contributed by atoms with Crippen LogP contribution in [0.25, 0.3) is 0 Å². The smallest absolute Gasteiger partial charge is 0.196 e. The molecule has 2 aliphatic rings. The molecule has 0 saturated carbocycles. The molecular weight excluding hydrogens is 499 g/mol. The van der Waals surface area contributed by atoms with Crippen LogP contribution >= 0.6 is 23.2 Å². The quantitative estimate of drug-likeness (QED) is 0.262. The monoisotopic (exact) mass is 514 g/mol. The lowest BCUT2D eigenvalue weighted by molar-refractivity contribution is 0.0979. The van der Waals surface area contributed by atoms with Crippen molar-refractivity contribution in [3.05, 3.63) is 127 Å². The number of carbonyl (C=O) groups is 4. The van der Waals surface area contributed by atoms with Gasteiger partial charge in [0.2, 0.25) is 0 Å². The van der Waals surface area contributed by atoms with E-state index in [2.05, 4.69) is 0 Å². The molecule has 0 aromatic heterocycles. The SMILES string of the molecule is Nc1c(Cl)c(Cl)c(N)c2c1C(=O)c1ccccc1C2=O.O=C1c2ccccc2C(=O)c2ccccc21. The third-order valence-electron chi connectivity index (χ3n) is 6.16. The van der Waals surface area contributed by atoms with Crippen LogP contribution in [-0.2, 0) is 0 Å². The molecule has 0 aliphatic heterocycles. The fraction of sp³-hybridized carbons (Fsp3) is 0. The number of carbonyl (C=O) groups excluding carboxylic acids is 4. The van der Waals surface area contributed by atoms with E-state index in [1.165, 1.54) is 0 Å². The Morgan fingerprint density at radius 1 is 0.417 bits per heavy atom. The van der Waals surface area contributed by atoms with E-state index in [9.17, 15) is 19.2 Å². The molecule has 0 fully saturated rings. The van der Waals surface area contributed by atoms with Crippen LogP contribution in [0.3, 0.4) is 0 Å². The summed E-state index contributed by atoms with van der Waals surface area (Å²) in [6.07, 6.45) is 0. The number of nitrogens with two attached hydrogens (primary N) is 2. The predicted molar refractivity (Wildman–Crippen MR) is 138 cm³/mol. The van der Waals surface area contributed by atoms with Gasteiger partial charge in [0.1, 0.15) is 0 Å². The van der Waals surface area contributed by atoms with Gasteiger partial charge in [0.15, 0.2) is 23.1 Å². The number of hydrogen-bond donors (Lipinski definition) is 2.